The minimum absolute atomic E-state index is 0.168. The monoisotopic (exact) mass is 399 g/mol. The lowest BCUT2D eigenvalue weighted by atomic mass is 10.0. The Bertz CT molecular complexity index is 790. The normalized spacial score (nSPS) is 16.3. The molecule has 7 heteroatoms. The van der Waals surface area contributed by atoms with E-state index >= 15 is 0 Å². The van der Waals surface area contributed by atoms with E-state index in [2.05, 4.69) is 40.1 Å². The van der Waals surface area contributed by atoms with Gasteiger partial charge in [0.2, 0.25) is 0 Å². The fourth-order valence-corrected chi connectivity index (χ4v) is 3.54. The highest BCUT2D eigenvalue weighted by Crippen LogP contribution is 2.15. The summed E-state index contributed by atoms with van der Waals surface area (Å²) in [4.78, 5) is 1.45. The SMILES string of the molecule is COc1ccc(NC(=S)N/N=C(/C)[C@H](c2ccccc2)[NH+]2CCOCC2)cc1. The second kappa shape index (κ2) is 10.2. The molecule has 2 aromatic carbocycles. The largest absolute Gasteiger partial charge is 0.497 e. The van der Waals surface area contributed by atoms with Gasteiger partial charge in [0.1, 0.15) is 18.8 Å². The van der Waals surface area contributed by atoms with Gasteiger partial charge < -0.3 is 19.7 Å². The van der Waals surface area contributed by atoms with Crippen molar-refractivity contribution in [1.29, 1.82) is 0 Å². The average molecular weight is 400 g/mol. The van der Waals surface area contributed by atoms with Crippen molar-refractivity contribution in [2.24, 2.45) is 5.10 Å². The van der Waals surface area contributed by atoms with Gasteiger partial charge in [-0.15, -0.1) is 0 Å². The van der Waals surface area contributed by atoms with Gasteiger partial charge in [0, 0.05) is 11.3 Å². The molecule has 1 saturated heterocycles. The molecule has 0 aliphatic carbocycles. The Hall–Kier alpha value is -2.48. The molecule has 3 N–H and O–H groups in total. The van der Waals surface area contributed by atoms with Crippen LogP contribution in [0.5, 0.6) is 5.75 Å². The molecule has 0 aromatic heterocycles. The van der Waals surface area contributed by atoms with Crippen LogP contribution in [0.25, 0.3) is 0 Å². The molecule has 6 nitrogen and oxygen atoms in total. The van der Waals surface area contributed by atoms with Crippen LogP contribution in [0.4, 0.5) is 5.69 Å². The zero-order valence-electron chi connectivity index (χ0n) is 16.3. The van der Waals surface area contributed by atoms with Crippen molar-refractivity contribution in [3.8, 4) is 5.75 Å². The number of thiocarbonyl (C=S) groups is 1. The third kappa shape index (κ3) is 5.51. The van der Waals surface area contributed by atoms with Gasteiger partial charge in [-0.1, -0.05) is 30.3 Å². The van der Waals surface area contributed by atoms with Crippen LogP contribution in [-0.4, -0.2) is 44.2 Å². The number of methoxy groups -OCH3 is 1. The number of hydrogen-bond donors (Lipinski definition) is 3. The molecule has 0 unspecified atom stereocenters. The number of quaternary nitrogens is 1. The van der Waals surface area contributed by atoms with Crippen LogP contribution in [0.3, 0.4) is 0 Å². The standard InChI is InChI=1S/C21H26N4O2S/c1-16(23-24-21(28)22-18-8-10-19(26-2)11-9-18)20(17-6-4-3-5-7-17)25-12-14-27-15-13-25/h3-11,20H,12-15H2,1-2H3,(H2,22,24,28)/p+1/b23-16-/t20-/m1/s1. The predicted molar refractivity (Wildman–Crippen MR) is 116 cm³/mol. The Morgan fingerprint density at radius 1 is 1.11 bits per heavy atom. The quantitative estimate of drug-likeness (QED) is 0.394. The maximum atomic E-state index is 5.53. The van der Waals surface area contributed by atoms with Gasteiger partial charge in [-0.2, -0.15) is 5.10 Å². The maximum absolute atomic E-state index is 5.53. The molecule has 1 aliphatic rings. The average Bonchev–Trinajstić information content (AvgIpc) is 2.74. The summed E-state index contributed by atoms with van der Waals surface area (Å²) in [6.07, 6.45) is 0. The molecule has 148 valence electrons. The molecule has 0 spiro atoms. The number of nitrogens with one attached hydrogen (secondary N) is 3. The minimum atomic E-state index is 0.168. The number of benzene rings is 2. The van der Waals surface area contributed by atoms with Gasteiger partial charge in [-0.05, 0) is 43.4 Å². The molecule has 0 saturated carbocycles. The van der Waals surface area contributed by atoms with Crippen LogP contribution in [0.1, 0.15) is 18.5 Å². The lowest BCUT2D eigenvalue weighted by Crippen LogP contribution is -3.15. The van der Waals surface area contributed by atoms with E-state index in [0.29, 0.717) is 5.11 Å². The summed E-state index contributed by atoms with van der Waals surface area (Å²) in [5, 5.41) is 8.17. The van der Waals surface area contributed by atoms with Crippen molar-refractivity contribution in [3.05, 3.63) is 60.2 Å². The highest BCUT2D eigenvalue weighted by Gasteiger charge is 2.29. The summed E-state index contributed by atoms with van der Waals surface area (Å²) in [6, 6.07) is 18.2. The molecule has 0 radical (unpaired) electrons. The summed E-state index contributed by atoms with van der Waals surface area (Å²) in [6.45, 7) is 5.51. The Morgan fingerprint density at radius 2 is 1.79 bits per heavy atom. The molecule has 2 aromatic rings. The Labute approximate surface area is 171 Å². The van der Waals surface area contributed by atoms with E-state index in [1.807, 2.05) is 37.3 Å². The molecule has 3 rings (SSSR count). The summed E-state index contributed by atoms with van der Waals surface area (Å²) in [5.74, 6) is 0.803. The zero-order valence-corrected chi connectivity index (χ0v) is 17.1. The second-order valence-corrected chi connectivity index (χ2v) is 7.07. The first kappa shape index (κ1) is 20.3. The van der Waals surface area contributed by atoms with Gasteiger partial charge in [-0.25, -0.2) is 0 Å². The number of hydrogen-bond acceptors (Lipinski definition) is 4. The van der Waals surface area contributed by atoms with E-state index in [1.54, 1.807) is 7.11 Å². The highest BCUT2D eigenvalue weighted by atomic mass is 32.1. The molecule has 0 amide bonds. The van der Waals surface area contributed by atoms with Crippen LogP contribution in [0.15, 0.2) is 59.7 Å². The van der Waals surface area contributed by atoms with Gasteiger partial charge in [0.15, 0.2) is 11.2 Å². The number of nitrogens with zero attached hydrogens (tertiary/aromatic N) is 1. The molecule has 1 aliphatic heterocycles. The van der Waals surface area contributed by atoms with E-state index < -0.39 is 0 Å². The van der Waals surface area contributed by atoms with Gasteiger partial charge in [0.05, 0.1) is 26.0 Å². The van der Waals surface area contributed by atoms with Crippen LogP contribution in [0.2, 0.25) is 0 Å². The van der Waals surface area contributed by atoms with Gasteiger partial charge >= 0.3 is 0 Å². The van der Waals surface area contributed by atoms with Crippen molar-refractivity contribution in [3.63, 3.8) is 0 Å². The predicted octanol–water partition coefficient (Wildman–Crippen LogP) is 2.01. The van der Waals surface area contributed by atoms with Gasteiger partial charge in [-0.3, -0.25) is 5.43 Å². The van der Waals surface area contributed by atoms with E-state index in [9.17, 15) is 0 Å². The van der Waals surface area contributed by atoms with Gasteiger partial charge in [0.25, 0.3) is 0 Å². The molecule has 1 heterocycles. The van der Waals surface area contributed by atoms with Crippen LogP contribution >= 0.6 is 12.2 Å². The molecular weight excluding hydrogens is 372 g/mol. The van der Waals surface area contributed by atoms with E-state index in [1.165, 1.54) is 10.5 Å². The fraction of sp³-hybridized carbons (Fsp3) is 0.333. The molecule has 28 heavy (non-hydrogen) atoms. The first-order valence-corrected chi connectivity index (χ1v) is 9.80. The third-order valence-corrected chi connectivity index (χ3v) is 4.97. The summed E-state index contributed by atoms with van der Waals surface area (Å²) in [5.41, 5.74) is 6.10. The Balaban J connectivity index is 1.67. The first-order valence-electron chi connectivity index (χ1n) is 9.40. The number of ether oxygens (including phenoxy) is 2. The van der Waals surface area contributed by atoms with Crippen molar-refractivity contribution >= 4 is 28.7 Å². The number of hydrazone groups is 1. The van der Waals surface area contributed by atoms with Crippen LogP contribution in [0, 0.1) is 0 Å². The third-order valence-electron chi connectivity index (χ3n) is 4.78. The van der Waals surface area contributed by atoms with Crippen molar-refractivity contribution < 1.29 is 14.4 Å². The van der Waals surface area contributed by atoms with Crippen molar-refractivity contribution in [2.45, 2.75) is 13.0 Å². The molecule has 1 atom stereocenters. The highest BCUT2D eigenvalue weighted by molar-refractivity contribution is 7.80. The van der Waals surface area contributed by atoms with Crippen molar-refractivity contribution in [2.75, 3.05) is 38.7 Å². The lowest BCUT2D eigenvalue weighted by Gasteiger charge is -2.31. The van der Waals surface area contributed by atoms with Crippen LogP contribution in [-0.2, 0) is 4.74 Å². The summed E-state index contributed by atoms with van der Waals surface area (Å²) >= 11 is 5.39. The summed E-state index contributed by atoms with van der Waals surface area (Å²) in [7, 11) is 1.64. The number of morpholine rings is 1. The molecular formula is C21H27N4O2S+. The summed E-state index contributed by atoms with van der Waals surface area (Å²) < 4.78 is 10.7. The van der Waals surface area contributed by atoms with E-state index in [-0.39, 0.29) is 6.04 Å². The first-order chi connectivity index (χ1) is 13.7. The smallest absolute Gasteiger partial charge is 0.191 e. The van der Waals surface area contributed by atoms with E-state index in [0.717, 1.165) is 43.5 Å². The van der Waals surface area contributed by atoms with Crippen LogP contribution < -0.4 is 20.4 Å². The Morgan fingerprint density at radius 3 is 2.43 bits per heavy atom. The zero-order chi connectivity index (χ0) is 19.8. The molecule has 0 bridgehead atoms. The maximum Gasteiger partial charge on any atom is 0.191 e. The number of anilines is 1. The second-order valence-electron chi connectivity index (χ2n) is 6.66. The lowest BCUT2D eigenvalue weighted by molar-refractivity contribution is -0.928. The van der Waals surface area contributed by atoms with Crippen molar-refractivity contribution in [1.82, 2.24) is 5.43 Å². The fourth-order valence-electron chi connectivity index (χ4n) is 3.38. The Kier molecular flexibility index (Phi) is 7.36. The van der Waals surface area contributed by atoms with E-state index in [4.69, 9.17) is 21.7 Å². The number of rotatable bonds is 6. The minimum Gasteiger partial charge on any atom is -0.497 e. The molecule has 1 fully saturated rings. The topological polar surface area (TPSA) is 59.3 Å².